The van der Waals surface area contributed by atoms with Gasteiger partial charge in [-0.05, 0) is 65.3 Å². The monoisotopic (exact) mass is 242 g/mol. The lowest BCUT2D eigenvalue weighted by Gasteiger charge is -2.17. The molecule has 102 valence electrons. The number of hydrogen-bond acceptors (Lipinski definition) is 4. The molecule has 2 aliphatic rings. The van der Waals surface area contributed by atoms with Crippen LogP contribution in [-0.2, 0) is 0 Å². The third-order valence-electron chi connectivity index (χ3n) is 3.82. The molecule has 0 aromatic rings. The summed E-state index contributed by atoms with van der Waals surface area (Å²) in [5, 5.41) is 0. The third-order valence-corrected chi connectivity index (χ3v) is 3.82. The van der Waals surface area contributed by atoms with Crippen LogP contribution in [0.2, 0.25) is 0 Å². The fourth-order valence-corrected chi connectivity index (χ4v) is 2.73. The van der Waals surface area contributed by atoms with Gasteiger partial charge in [0.2, 0.25) is 0 Å². The second-order valence-corrected chi connectivity index (χ2v) is 5.19. The maximum atomic E-state index is 5.44. The van der Waals surface area contributed by atoms with Gasteiger partial charge >= 0.3 is 0 Å². The van der Waals surface area contributed by atoms with Crippen molar-refractivity contribution in [2.75, 3.05) is 46.3 Å². The van der Waals surface area contributed by atoms with Crippen molar-refractivity contribution >= 4 is 0 Å². The van der Waals surface area contributed by atoms with E-state index < -0.39 is 0 Å². The van der Waals surface area contributed by atoms with Gasteiger partial charge < -0.3 is 21.3 Å². The number of hydrogen-bond donors (Lipinski definition) is 2. The van der Waals surface area contributed by atoms with E-state index in [0.29, 0.717) is 0 Å². The molecule has 0 aromatic heterocycles. The van der Waals surface area contributed by atoms with Crippen LogP contribution >= 0.6 is 0 Å². The molecule has 1 atom stereocenters. The lowest BCUT2D eigenvalue weighted by atomic mass is 10.1. The normalized spacial score (nSPS) is 25.9. The molecule has 0 aliphatic carbocycles. The maximum Gasteiger partial charge on any atom is 0.0105 e. The maximum absolute atomic E-state index is 5.44. The van der Waals surface area contributed by atoms with Gasteiger partial charge in [0.15, 0.2) is 0 Å². The quantitative estimate of drug-likeness (QED) is 0.752. The third kappa shape index (κ3) is 5.82. The van der Waals surface area contributed by atoms with Crippen molar-refractivity contribution in [3.63, 3.8) is 0 Å². The summed E-state index contributed by atoms with van der Waals surface area (Å²) in [6.07, 6.45) is 6.64. The molecule has 0 spiro atoms. The van der Waals surface area contributed by atoms with Gasteiger partial charge in [0.1, 0.15) is 0 Å². The first-order chi connectivity index (χ1) is 8.27. The van der Waals surface area contributed by atoms with E-state index in [1.807, 2.05) is 0 Å². The Labute approximate surface area is 106 Å². The highest BCUT2D eigenvalue weighted by atomic mass is 15.1. The fourth-order valence-electron chi connectivity index (χ4n) is 2.73. The first-order valence-electron chi connectivity index (χ1n) is 7.10. The molecule has 0 saturated carbocycles. The molecular weight excluding hydrogens is 212 g/mol. The molecule has 2 heterocycles. The highest BCUT2D eigenvalue weighted by molar-refractivity contribution is 4.75. The highest BCUT2D eigenvalue weighted by Crippen LogP contribution is 2.16. The van der Waals surface area contributed by atoms with Crippen molar-refractivity contribution in [3.8, 4) is 0 Å². The predicted octanol–water partition coefficient (Wildman–Crippen LogP) is 0.470. The van der Waals surface area contributed by atoms with Gasteiger partial charge in [0.25, 0.3) is 0 Å². The van der Waals surface area contributed by atoms with Crippen molar-refractivity contribution in [2.45, 2.75) is 38.1 Å². The van der Waals surface area contributed by atoms with Crippen LogP contribution in [0.3, 0.4) is 0 Å². The summed E-state index contributed by atoms with van der Waals surface area (Å²) in [5.74, 6) is 0. The number of likely N-dealkylation sites (tertiary alicyclic amines) is 2. The topological polar surface area (TPSA) is 58.5 Å². The molecule has 4 nitrogen and oxygen atoms in total. The van der Waals surface area contributed by atoms with Gasteiger partial charge in [-0.25, -0.2) is 0 Å². The van der Waals surface area contributed by atoms with Crippen molar-refractivity contribution < 1.29 is 0 Å². The Bertz CT molecular complexity index is 180. The summed E-state index contributed by atoms with van der Waals surface area (Å²) in [6.45, 7) is 6.58. The van der Waals surface area contributed by atoms with E-state index in [1.54, 1.807) is 0 Å². The number of rotatable bonds is 4. The summed E-state index contributed by atoms with van der Waals surface area (Å²) in [6, 6.07) is 0.787. The Morgan fingerprint density at radius 1 is 1.00 bits per heavy atom. The average molecular weight is 242 g/mol. The minimum absolute atomic E-state index is 0.787. The predicted molar refractivity (Wildman–Crippen MR) is 74.1 cm³/mol. The van der Waals surface area contributed by atoms with Gasteiger partial charge in [-0.2, -0.15) is 0 Å². The molecule has 2 saturated heterocycles. The van der Waals surface area contributed by atoms with Gasteiger partial charge in [0.05, 0.1) is 0 Å². The molecule has 0 aromatic carbocycles. The van der Waals surface area contributed by atoms with Crippen molar-refractivity contribution in [1.29, 1.82) is 0 Å². The van der Waals surface area contributed by atoms with Crippen LogP contribution in [0, 0.1) is 0 Å². The van der Waals surface area contributed by atoms with Crippen LogP contribution in [0.1, 0.15) is 32.1 Å². The Morgan fingerprint density at radius 3 is 2.18 bits per heavy atom. The van der Waals surface area contributed by atoms with Crippen LogP contribution in [0.15, 0.2) is 0 Å². The Kier molecular flexibility index (Phi) is 7.77. The minimum atomic E-state index is 0.787. The second-order valence-electron chi connectivity index (χ2n) is 5.19. The first-order valence-corrected chi connectivity index (χ1v) is 7.10. The zero-order valence-electron chi connectivity index (χ0n) is 11.4. The SMILES string of the molecule is CN1CCCC1CCN.NCCN1CCCC1. The standard InChI is InChI=1S/C7H16N2.C6H14N2/c1-9-6-2-3-7(9)4-5-8;7-3-6-8-4-1-2-5-8/h7H,2-6,8H2,1H3;1-7H2. The Morgan fingerprint density at radius 2 is 1.71 bits per heavy atom. The molecule has 1 unspecified atom stereocenters. The zero-order valence-corrected chi connectivity index (χ0v) is 11.4. The summed E-state index contributed by atoms with van der Waals surface area (Å²) >= 11 is 0. The Hall–Kier alpha value is -0.160. The van der Waals surface area contributed by atoms with Crippen LogP contribution in [0.5, 0.6) is 0 Å². The first kappa shape index (κ1) is 14.9. The summed E-state index contributed by atoms with van der Waals surface area (Å²) in [7, 11) is 2.19. The fraction of sp³-hybridized carbons (Fsp3) is 1.00. The van der Waals surface area contributed by atoms with E-state index in [2.05, 4.69) is 16.8 Å². The summed E-state index contributed by atoms with van der Waals surface area (Å²) < 4.78 is 0. The van der Waals surface area contributed by atoms with E-state index in [4.69, 9.17) is 11.5 Å². The van der Waals surface area contributed by atoms with Crippen molar-refractivity contribution in [3.05, 3.63) is 0 Å². The zero-order chi connectivity index (χ0) is 12.5. The smallest absolute Gasteiger partial charge is 0.0105 e. The molecule has 0 amide bonds. The molecule has 0 radical (unpaired) electrons. The van der Waals surface area contributed by atoms with Crippen LogP contribution < -0.4 is 11.5 Å². The van der Waals surface area contributed by atoms with E-state index in [0.717, 1.165) is 25.7 Å². The average Bonchev–Trinajstić information content (AvgIpc) is 2.94. The molecule has 17 heavy (non-hydrogen) atoms. The largest absolute Gasteiger partial charge is 0.330 e. The molecule has 2 rings (SSSR count). The minimum Gasteiger partial charge on any atom is -0.330 e. The van der Waals surface area contributed by atoms with Gasteiger partial charge in [0, 0.05) is 19.1 Å². The summed E-state index contributed by atoms with van der Waals surface area (Å²) in [4.78, 5) is 4.83. The van der Waals surface area contributed by atoms with Gasteiger partial charge in [-0.3, -0.25) is 0 Å². The van der Waals surface area contributed by atoms with E-state index in [-0.39, 0.29) is 0 Å². The molecule has 4 heteroatoms. The van der Waals surface area contributed by atoms with Gasteiger partial charge in [-0.15, -0.1) is 0 Å². The van der Waals surface area contributed by atoms with Crippen LogP contribution in [0.25, 0.3) is 0 Å². The van der Waals surface area contributed by atoms with Crippen LogP contribution in [-0.4, -0.2) is 62.2 Å². The Balaban J connectivity index is 0.000000171. The molecule has 0 bridgehead atoms. The number of nitrogens with zero attached hydrogens (tertiary/aromatic N) is 2. The molecule has 2 fully saturated rings. The van der Waals surface area contributed by atoms with E-state index in [1.165, 1.54) is 51.7 Å². The second kappa shape index (κ2) is 8.86. The number of nitrogens with two attached hydrogens (primary N) is 2. The molecular formula is C13H30N4. The van der Waals surface area contributed by atoms with E-state index >= 15 is 0 Å². The lowest BCUT2D eigenvalue weighted by molar-refractivity contribution is 0.299. The molecule has 4 N–H and O–H groups in total. The van der Waals surface area contributed by atoms with E-state index in [9.17, 15) is 0 Å². The van der Waals surface area contributed by atoms with Crippen LogP contribution in [0.4, 0.5) is 0 Å². The van der Waals surface area contributed by atoms with Crippen molar-refractivity contribution in [1.82, 2.24) is 9.80 Å². The summed E-state index contributed by atoms with van der Waals surface area (Å²) in [5.41, 5.74) is 10.8. The van der Waals surface area contributed by atoms with Gasteiger partial charge in [-0.1, -0.05) is 0 Å². The lowest BCUT2D eigenvalue weighted by Crippen LogP contribution is -2.27. The highest BCUT2D eigenvalue weighted by Gasteiger charge is 2.18. The molecule has 2 aliphatic heterocycles. The van der Waals surface area contributed by atoms with Crippen molar-refractivity contribution in [2.24, 2.45) is 11.5 Å².